The molecule has 0 saturated heterocycles. The molecule has 1 aliphatic rings. The lowest BCUT2D eigenvalue weighted by atomic mass is 9.81. The molecule has 0 fully saturated rings. The summed E-state index contributed by atoms with van der Waals surface area (Å²) in [5.41, 5.74) is 4.65. The SMILES string of the molecule is CCC=C(/C=C(/c1ccc(NC(=O)C2SN=NC2C)cc1)C(CC)C(C)C)c1cccs1. The molecule has 1 amide bonds. The van der Waals surface area contributed by atoms with Crippen molar-refractivity contribution in [2.75, 3.05) is 5.32 Å². The third-order valence-electron chi connectivity index (χ3n) is 5.76. The van der Waals surface area contributed by atoms with E-state index in [1.165, 1.54) is 33.5 Å². The number of thiophene rings is 1. The number of benzene rings is 1. The minimum absolute atomic E-state index is 0.0458. The van der Waals surface area contributed by atoms with Crippen LogP contribution in [0.3, 0.4) is 0 Å². The van der Waals surface area contributed by atoms with Crippen molar-refractivity contribution < 1.29 is 4.79 Å². The van der Waals surface area contributed by atoms with Crippen molar-refractivity contribution in [3.63, 3.8) is 0 Å². The maximum atomic E-state index is 12.6. The number of nitrogens with zero attached hydrogens (tertiary/aromatic N) is 2. The maximum absolute atomic E-state index is 12.6. The van der Waals surface area contributed by atoms with Crippen LogP contribution in [0.5, 0.6) is 0 Å². The normalized spacial score (nSPS) is 20.1. The molecule has 6 heteroatoms. The largest absolute Gasteiger partial charge is 0.325 e. The van der Waals surface area contributed by atoms with E-state index in [2.05, 4.69) is 84.4 Å². The second-order valence-electron chi connectivity index (χ2n) is 8.43. The molecule has 1 aromatic carbocycles. The summed E-state index contributed by atoms with van der Waals surface area (Å²) in [6, 6.07) is 12.5. The van der Waals surface area contributed by atoms with Crippen LogP contribution < -0.4 is 5.32 Å². The number of hydrogen-bond donors (Lipinski definition) is 1. The number of amides is 1. The Bertz CT molecular complexity index is 975. The van der Waals surface area contributed by atoms with Crippen LogP contribution in [0.2, 0.25) is 0 Å². The van der Waals surface area contributed by atoms with Crippen molar-refractivity contribution in [2.24, 2.45) is 21.5 Å². The molecule has 4 nitrogen and oxygen atoms in total. The van der Waals surface area contributed by atoms with Crippen molar-refractivity contribution in [2.45, 2.75) is 58.8 Å². The lowest BCUT2D eigenvalue weighted by Crippen LogP contribution is -2.30. The molecule has 1 aromatic heterocycles. The lowest BCUT2D eigenvalue weighted by Gasteiger charge is -2.24. The second kappa shape index (κ2) is 11.6. The van der Waals surface area contributed by atoms with Crippen molar-refractivity contribution in [3.8, 4) is 0 Å². The van der Waals surface area contributed by atoms with Crippen LogP contribution in [0.4, 0.5) is 5.69 Å². The highest BCUT2D eigenvalue weighted by molar-refractivity contribution is 7.99. The quantitative estimate of drug-likeness (QED) is 0.299. The van der Waals surface area contributed by atoms with Gasteiger partial charge in [0.05, 0.1) is 6.04 Å². The minimum atomic E-state index is -0.261. The molecule has 3 unspecified atom stereocenters. The van der Waals surface area contributed by atoms with Gasteiger partial charge in [0, 0.05) is 22.5 Å². The number of nitrogens with one attached hydrogen (secondary N) is 1. The van der Waals surface area contributed by atoms with E-state index in [-0.39, 0.29) is 17.2 Å². The summed E-state index contributed by atoms with van der Waals surface area (Å²) < 4.78 is 3.92. The van der Waals surface area contributed by atoms with Crippen LogP contribution in [0.1, 0.15) is 57.9 Å². The highest BCUT2D eigenvalue weighted by atomic mass is 32.2. The molecule has 0 spiro atoms. The monoisotopic (exact) mass is 467 g/mol. The third kappa shape index (κ3) is 5.99. The Morgan fingerprint density at radius 2 is 1.94 bits per heavy atom. The number of carbonyl (C=O) groups excluding carboxylic acids is 1. The highest BCUT2D eigenvalue weighted by Crippen LogP contribution is 2.36. The number of allylic oxidation sites excluding steroid dienone is 4. The Hall–Kier alpha value is -2.18. The fraction of sp³-hybridized carbons (Fsp3) is 0.423. The summed E-state index contributed by atoms with van der Waals surface area (Å²) in [5, 5.41) is 8.93. The van der Waals surface area contributed by atoms with E-state index < -0.39 is 0 Å². The second-order valence-corrected chi connectivity index (χ2v) is 10.3. The number of carbonyl (C=O) groups is 1. The summed E-state index contributed by atoms with van der Waals surface area (Å²) in [4.78, 5) is 13.9. The van der Waals surface area contributed by atoms with Gasteiger partial charge in [0.2, 0.25) is 5.91 Å². The summed E-state index contributed by atoms with van der Waals surface area (Å²) in [7, 11) is 0. The van der Waals surface area contributed by atoms with E-state index in [1.807, 2.05) is 19.1 Å². The standard InChI is InChI=1S/C26H33N3OS2/c1-6-9-20(24-10-8-15-31-24)16-23(22(7-2)17(3)4)19-11-13-21(14-12-19)27-26(30)25-18(5)28-29-32-25/h8-18,22,25H,6-7H2,1-5H3,(H,27,30)/b20-9?,23-16-. The van der Waals surface area contributed by atoms with Crippen molar-refractivity contribution in [3.05, 3.63) is 64.4 Å². The smallest absolute Gasteiger partial charge is 0.241 e. The predicted molar refractivity (Wildman–Crippen MR) is 140 cm³/mol. The molecule has 0 saturated carbocycles. The minimum Gasteiger partial charge on any atom is -0.325 e. The van der Waals surface area contributed by atoms with E-state index >= 15 is 0 Å². The number of anilines is 1. The Morgan fingerprint density at radius 3 is 2.47 bits per heavy atom. The lowest BCUT2D eigenvalue weighted by molar-refractivity contribution is -0.115. The molecule has 0 bridgehead atoms. The van der Waals surface area contributed by atoms with Gasteiger partial charge in [-0.1, -0.05) is 52.0 Å². The van der Waals surface area contributed by atoms with E-state index in [0.717, 1.165) is 18.5 Å². The Labute approximate surface area is 200 Å². The molecule has 32 heavy (non-hydrogen) atoms. The van der Waals surface area contributed by atoms with E-state index in [4.69, 9.17) is 0 Å². The Morgan fingerprint density at radius 1 is 1.19 bits per heavy atom. The van der Waals surface area contributed by atoms with Crippen LogP contribution >= 0.6 is 23.3 Å². The van der Waals surface area contributed by atoms with Crippen LogP contribution in [0.25, 0.3) is 11.1 Å². The maximum Gasteiger partial charge on any atom is 0.241 e. The molecular formula is C26H33N3OS2. The first-order valence-electron chi connectivity index (χ1n) is 11.4. The van der Waals surface area contributed by atoms with Crippen LogP contribution in [0.15, 0.2) is 63.6 Å². The van der Waals surface area contributed by atoms with Crippen LogP contribution in [-0.2, 0) is 4.79 Å². The van der Waals surface area contributed by atoms with Gasteiger partial charge in [0.1, 0.15) is 5.25 Å². The van der Waals surface area contributed by atoms with Gasteiger partial charge in [-0.2, -0.15) is 5.11 Å². The first-order chi connectivity index (χ1) is 15.4. The molecule has 3 atom stereocenters. The van der Waals surface area contributed by atoms with Gasteiger partial charge >= 0.3 is 0 Å². The number of rotatable bonds is 9. The zero-order chi connectivity index (χ0) is 23.1. The molecular weight excluding hydrogens is 434 g/mol. The molecule has 0 radical (unpaired) electrons. The average molecular weight is 468 g/mol. The molecule has 0 aliphatic carbocycles. The summed E-state index contributed by atoms with van der Waals surface area (Å²) in [5.74, 6) is 0.940. The summed E-state index contributed by atoms with van der Waals surface area (Å²) in [6.45, 7) is 10.9. The zero-order valence-corrected chi connectivity index (χ0v) is 21.2. The van der Waals surface area contributed by atoms with Gasteiger partial charge in [-0.15, -0.1) is 15.9 Å². The summed E-state index contributed by atoms with van der Waals surface area (Å²) >= 11 is 3.02. The van der Waals surface area contributed by atoms with Gasteiger partial charge in [0.15, 0.2) is 0 Å². The first-order valence-corrected chi connectivity index (χ1v) is 13.1. The molecule has 2 heterocycles. The highest BCUT2D eigenvalue weighted by Gasteiger charge is 2.30. The molecule has 3 rings (SSSR count). The molecule has 2 aromatic rings. The zero-order valence-electron chi connectivity index (χ0n) is 19.5. The van der Waals surface area contributed by atoms with Gasteiger partial charge in [0.25, 0.3) is 0 Å². The fourth-order valence-corrected chi connectivity index (χ4v) is 5.47. The third-order valence-corrected chi connectivity index (χ3v) is 7.70. The van der Waals surface area contributed by atoms with Crippen molar-refractivity contribution in [1.29, 1.82) is 0 Å². The fourth-order valence-electron chi connectivity index (χ4n) is 4.04. The first kappa shape index (κ1) is 24.5. The molecule has 1 N–H and O–H groups in total. The van der Waals surface area contributed by atoms with Gasteiger partial charge in [-0.05, 0) is 78.0 Å². The van der Waals surface area contributed by atoms with Crippen LogP contribution in [0, 0.1) is 11.8 Å². The average Bonchev–Trinajstić information content (AvgIpc) is 3.45. The van der Waals surface area contributed by atoms with E-state index in [0.29, 0.717) is 11.8 Å². The topological polar surface area (TPSA) is 53.8 Å². The van der Waals surface area contributed by atoms with E-state index in [9.17, 15) is 4.79 Å². The predicted octanol–water partition coefficient (Wildman–Crippen LogP) is 8.12. The van der Waals surface area contributed by atoms with Crippen molar-refractivity contribution in [1.82, 2.24) is 0 Å². The summed E-state index contributed by atoms with van der Waals surface area (Å²) in [6.07, 6.45) is 6.76. The number of hydrogen-bond acceptors (Lipinski definition) is 5. The molecule has 170 valence electrons. The molecule has 1 aliphatic heterocycles. The van der Waals surface area contributed by atoms with Crippen molar-refractivity contribution >= 4 is 46.0 Å². The van der Waals surface area contributed by atoms with E-state index in [1.54, 1.807) is 11.3 Å². The van der Waals surface area contributed by atoms with Gasteiger partial charge in [-0.3, -0.25) is 4.79 Å². The van der Waals surface area contributed by atoms with Crippen LogP contribution in [-0.4, -0.2) is 17.2 Å². The Kier molecular flexibility index (Phi) is 8.88. The van der Waals surface area contributed by atoms with Gasteiger partial charge < -0.3 is 5.32 Å². The van der Waals surface area contributed by atoms with Gasteiger partial charge in [-0.25, -0.2) is 0 Å². The Balaban J connectivity index is 1.89.